The second-order valence-corrected chi connectivity index (χ2v) is 2.18. The summed E-state index contributed by atoms with van der Waals surface area (Å²) in [5.41, 5.74) is 0. The summed E-state index contributed by atoms with van der Waals surface area (Å²) < 4.78 is 0. The van der Waals surface area contributed by atoms with Gasteiger partial charge in [-0.25, -0.2) is 0 Å². The molecule has 62 valence electrons. The minimum atomic E-state index is 0.701. The standard InChI is InChI=1S/C5H14N2O.C2H4/c1-6(2)4-5-7(3)8;1-2/h8H,4-5H2,1-3H3;1-2H2. The highest BCUT2D eigenvalue weighted by atomic mass is 16.5. The average Bonchev–Trinajstić information content (AvgIpc) is 1.89. The SMILES string of the molecule is C=C.CN(C)CCN(C)O. The predicted molar refractivity (Wildman–Crippen MR) is 44.2 cm³/mol. The van der Waals surface area contributed by atoms with Gasteiger partial charge in [0.25, 0.3) is 0 Å². The molecule has 0 aromatic rings. The van der Waals surface area contributed by atoms with Crippen molar-refractivity contribution in [2.24, 2.45) is 0 Å². The van der Waals surface area contributed by atoms with Crippen LogP contribution in [-0.4, -0.2) is 49.4 Å². The smallest absolute Gasteiger partial charge is 0.0362 e. The Kier molecular flexibility index (Phi) is 10.6. The molecule has 0 saturated carbocycles. The summed E-state index contributed by atoms with van der Waals surface area (Å²) >= 11 is 0. The number of hydrogen-bond donors (Lipinski definition) is 1. The molecule has 0 aromatic carbocycles. The summed E-state index contributed by atoms with van der Waals surface area (Å²) in [6.45, 7) is 7.60. The Balaban J connectivity index is 0. The van der Waals surface area contributed by atoms with E-state index in [0.717, 1.165) is 6.54 Å². The van der Waals surface area contributed by atoms with Crippen molar-refractivity contribution < 1.29 is 5.21 Å². The maximum Gasteiger partial charge on any atom is 0.0362 e. The van der Waals surface area contributed by atoms with Crippen LogP contribution in [0.2, 0.25) is 0 Å². The third-order valence-electron chi connectivity index (χ3n) is 0.871. The van der Waals surface area contributed by atoms with Crippen LogP contribution in [0.5, 0.6) is 0 Å². The van der Waals surface area contributed by atoms with Gasteiger partial charge >= 0.3 is 0 Å². The van der Waals surface area contributed by atoms with Gasteiger partial charge in [0, 0.05) is 20.1 Å². The second kappa shape index (κ2) is 8.62. The summed E-state index contributed by atoms with van der Waals surface area (Å²) in [7, 11) is 5.59. The Labute approximate surface area is 63.5 Å². The van der Waals surface area contributed by atoms with E-state index in [2.05, 4.69) is 13.2 Å². The first-order valence-electron chi connectivity index (χ1n) is 3.17. The van der Waals surface area contributed by atoms with E-state index in [1.165, 1.54) is 5.06 Å². The quantitative estimate of drug-likeness (QED) is 0.468. The van der Waals surface area contributed by atoms with Crippen molar-refractivity contribution in [1.82, 2.24) is 9.96 Å². The molecule has 1 N–H and O–H groups in total. The van der Waals surface area contributed by atoms with Crippen LogP contribution in [0, 0.1) is 0 Å². The Morgan fingerprint density at radius 2 is 1.50 bits per heavy atom. The van der Waals surface area contributed by atoms with Crippen LogP contribution in [0.3, 0.4) is 0 Å². The van der Waals surface area contributed by atoms with E-state index in [1.807, 2.05) is 19.0 Å². The molecule has 0 saturated heterocycles. The van der Waals surface area contributed by atoms with Gasteiger partial charge in [0.2, 0.25) is 0 Å². The van der Waals surface area contributed by atoms with E-state index < -0.39 is 0 Å². The largest absolute Gasteiger partial charge is 0.314 e. The molecule has 3 nitrogen and oxygen atoms in total. The molecular formula is C7H18N2O. The maximum atomic E-state index is 8.61. The Morgan fingerprint density at radius 1 is 1.10 bits per heavy atom. The molecule has 0 spiro atoms. The summed E-state index contributed by atoms with van der Waals surface area (Å²) in [5, 5.41) is 9.79. The lowest BCUT2D eigenvalue weighted by molar-refractivity contribution is -0.0674. The zero-order valence-corrected chi connectivity index (χ0v) is 7.17. The molecule has 0 aliphatic rings. The Bertz CT molecular complexity index is 56.6. The van der Waals surface area contributed by atoms with Crippen LogP contribution in [0.25, 0.3) is 0 Å². The first-order chi connectivity index (χ1) is 4.63. The van der Waals surface area contributed by atoms with Crippen molar-refractivity contribution in [3.05, 3.63) is 13.2 Å². The van der Waals surface area contributed by atoms with Crippen LogP contribution in [0.15, 0.2) is 13.2 Å². The Morgan fingerprint density at radius 3 is 1.60 bits per heavy atom. The number of hydroxylamine groups is 2. The van der Waals surface area contributed by atoms with Crippen LogP contribution in [-0.2, 0) is 0 Å². The van der Waals surface area contributed by atoms with Gasteiger partial charge in [-0.1, -0.05) is 0 Å². The van der Waals surface area contributed by atoms with Gasteiger partial charge in [0.15, 0.2) is 0 Å². The molecule has 0 heterocycles. The highest BCUT2D eigenvalue weighted by Gasteiger charge is 1.91. The van der Waals surface area contributed by atoms with E-state index in [4.69, 9.17) is 5.21 Å². The molecule has 10 heavy (non-hydrogen) atoms. The zero-order valence-electron chi connectivity index (χ0n) is 7.17. The minimum Gasteiger partial charge on any atom is -0.314 e. The number of rotatable bonds is 3. The summed E-state index contributed by atoms with van der Waals surface area (Å²) in [6, 6.07) is 0. The van der Waals surface area contributed by atoms with Crippen molar-refractivity contribution in [2.45, 2.75) is 0 Å². The lowest BCUT2D eigenvalue weighted by Gasteiger charge is -2.12. The normalized spacial score (nSPS) is 9.40. The van der Waals surface area contributed by atoms with Gasteiger partial charge in [-0.15, -0.1) is 13.2 Å². The monoisotopic (exact) mass is 146 g/mol. The molecule has 0 atom stereocenters. The fourth-order valence-corrected chi connectivity index (χ4v) is 0.345. The fourth-order valence-electron chi connectivity index (χ4n) is 0.345. The van der Waals surface area contributed by atoms with Gasteiger partial charge in [-0.3, -0.25) is 0 Å². The van der Waals surface area contributed by atoms with Crippen molar-refractivity contribution in [3.63, 3.8) is 0 Å². The van der Waals surface area contributed by atoms with Crippen LogP contribution >= 0.6 is 0 Å². The number of likely N-dealkylation sites (N-methyl/N-ethyl adjacent to an activating group) is 2. The lowest BCUT2D eigenvalue weighted by atomic mass is 10.6. The molecule has 0 aliphatic heterocycles. The molecular weight excluding hydrogens is 128 g/mol. The molecule has 0 aromatic heterocycles. The molecule has 0 fully saturated rings. The van der Waals surface area contributed by atoms with Gasteiger partial charge in [0.1, 0.15) is 0 Å². The highest BCUT2D eigenvalue weighted by Crippen LogP contribution is 1.75. The predicted octanol–water partition coefficient (Wildman–Crippen LogP) is 0.671. The van der Waals surface area contributed by atoms with E-state index >= 15 is 0 Å². The molecule has 0 bridgehead atoms. The van der Waals surface area contributed by atoms with Gasteiger partial charge < -0.3 is 10.1 Å². The maximum absolute atomic E-state index is 8.61. The molecule has 3 heteroatoms. The fraction of sp³-hybridized carbons (Fsp3) is 0.714. The molecule has 0 rings (SSSR count). The summed E-state index contributed by atoms with van der Waals surface area (Å²) in [5.74, 6) is 0. The number of hydrogen-bond acceptors (Lipinski definition) is 3. The van der Waals surface area contributed by atoms with Crippen LogP contribution < -0.4 is 0 Å². The highest BCUT2D eigenvalue weighted by molar-refractivity contribution is 4.42. The van der Waals surface area contributed by atoms with Crippen molar-refractivity contribution in [3.8, 4) is 0 Å². The molecule has 0 aliphatic carbocycles. The second-order valence-electron chi connectivity index (χ2n) is 2.18. The van der Waals surface area contributed by atoms with E-state index in [0.29, 0.717) is 6.54 Å². The molecule has 0 unspecified atom stereocenters. The van der Waals surface area contributed by atoms with Crippen LogP contribution in [0.4, 0.5) is 0 Å². The average molecular weight is 146 g/mol. The minimum absolute atomic E-state index is 0.701. The molecule has 0 radical (unpaired) electrons. The van der Waals surface area contributed by atoms with E-state index in [-0.39, 0.29) is 0 Å². The van der Waals surface area contributed by atoms with Crippen molar-refractivity contribution >= 4 is 0 Å². The first kappa shape index (κ1) is 12.3. The number of nitrogens with zero attached hydrogens (tertiary/aromatic N) is 2. The summed E-state index contributed by atoms with van der Waals surface area (Å²) in [6.07, 6.45) is 0. The third-order valence-corrected chi connectivity index (χ3v) is 0.871. The van der Waals surface area contributed by atoms with Crippen molar-refractivity contribution in [2.75, 3.05) is 34.2 Å². The van der Waals surface area contributed by atoms with E-state index in [9.17, 15) is 0 Å². The third kappa shape index (κ3) is 15.6. The molecule has 0 amide bonds. The Hall–Kier alpha value is -0.380. The van der Waals surface area contributed by atoms with Crippen molar-refractivity contribution in [1.29, 1.82) is 0 Å². The van der Waals surface area contributed by atoms with Gasteiger partial charge in [-0.05, 0) is 14.1 Å². The summed E-state index contributed by atoms with van der Waals surface area (Å²) in [4.78, 5) is 2.02. The van der Waals surface area contributed by atoms with Gasteiger partial charge in [-0.2, -0.15) is 5.06 Å². The zero-order chi connectivity index (χ0) is 8.57. The van der Waals surface area contributed by atoms with Crippen LogP contribution in [0.1, 0.15) is 0 Å². The topological polar surface area (TPSA) is 26.7 Å². The first-order valence-corrected chi connectivity index (χ1v) is 3.17. The van der Waals surface area contributed by atoms with E-state index in [1.54, 1.807) is 7.05 Å². The lowest BCUT2D eigenvalue weighted by Crippen LogP contribution is -2.25. The van der Waals surface area contributed by atoms with Gasteiger partial charge in [0.05, 0.1) is 0 Å².